The van der Waals surface area contributed by atoms with Crippen LogP contribution in [-0.2, 0) is 0 Å². The molecule has 1 saturated heterocycles. The number of likely N-dealkylation sites (tertiary alicyclic amines) is 1. The van der Waals surface area contributed by atoms with Gasteiger partial charge in [0.25, 0.3) is 0 Å². The molecule has 2 aliphatic rings. The molecule has 25 heavy (non-hydrogen) atoms. The molecule has 1 unspecified atom stereocenters. The van der Waals surface area contributed by atoms with Crippen molar-refractivity contribution in [2.45, 2.75) is 56.2 Å². The van der Waals surface area contributed by atoms with E-state index in [0.717, 1.165) is 18.4 Å². The van der Waals surface area contributed by atoms with Crippen molar-refractivity contribution in [2.75, 3.05) is 18.4 Å². The average molecular weight is 357 g/mol. The summed E-state index contributed by atoms with van der Waals surface area (Å²) < 4.78 is 38.8. The molecule has 1 aromatic rings. The molecule has 5 nitrogen and oxygen atoms in total. The fourth-order valence-electron chi connectivity index (χ4n) is 3.26. The van der Waals surface area contributed by atoms with Gasteiger partial charge in [-0.2, -0.15) is 13.2 Å². The number of halogens is 3. The van der Waals surface area contributed by atoms with Gasteiger partial charge < -0.3 is 10.0 Å². The van der Waals surface area contributed by atoms with E-state index in [4.69, 9.17) is 0 Å². The van der Waals surface area contributed by atoms with Gasteiger partial charge in [-0.3, -0.25) is 5.32 Å². The summed E-state index contributed by atoms with van der Waals surface area (Å²) in [7, 11) is 0. The third-order valence-electron chi connectivity index (χ3n) is 5.23. The largest absolute Gasteiger partial charge is 0.417 e. The second-order valence-electron chi connectivity index (χ2n) is 6.90. The van der Waals surface area contributed by atoms with Crippen LogP contribution in [0.4, 0.5) is 23.8 Å². The molecule has 8 heteroatoms. The number of hydrogen-bond donors (Lipinski definition) is 2. The van der Waals surface area contributed by atoms with Crippen LogP contribution >= 0.6 is 0 Å². The fourth-order valence-corrected chi connectivity index (χ4v) is 3.26. The predicted octanol–water partition coefficient (Wildman–Crippen LogP) is 3.66. The molecule has 2 amide bonds. The quantitative estimate of drug-likeness (QED) is 0.849. The molecule has 2 N–H and O–H groups in total. The van der Waals surface area contributed by atoms with Gasteiger partial charge in [0.05, 0.1) is 0 Å². The molecule has 2 heterocycles. The van der Waals surface area contributed by atoms with Gasteiger partial charge in [-0.15, -0.1) is 0 Å². The van der Waals surface area contributed by atoms with Gasteiger partial charge in [0.1, 0.15) is 5.82 Å². The van der Waals surface area contributed by atoms with Gasteiger partial charge in [-0.05, 0) is 43.2 Å². The Hall–Kier alpha value is -1.83. The zero-order chi connectivity index (χ0) is 18.1. The zero-order valence-corrected chi connectivity index (χ0v) is 13.9. The highest BCUT2D eigenvalue weighted by Gasteiger charge is 2.53. The van der Waals surface area contributed by atoms with E-state index in [-0.39, 0.29) is 19.5 Å². The normalized spacial score (nSPS) is 25.2. The number of nitrogens with one attached hydrogen (secondary N) is 1. The number of anilines is 1. The first-order valence-corrected chi connectivity index (χ1v) is 8.59. The zero-order valence-electron chi connectivity index (χ0n) is 13.9. The molecule has 1 saturated carbocycles. The third kappa shape index (κ3) is 3.89. The van der Waals surface area contributed by atoms with Gasteiger partial charge in [0.15, 0.2) is 5.60 Å². The van der Waals surface area contributed by atoms with Crippen molar-refractivity contribution < 1.29 is 23.1 Å². The summed E-state index contributed by atoms with van der Waals surface area (Å²) in [5.41, 5.74) is -1.57. The number of rotatable bonds is 2. The molecule has 138 valence electrons. The molecule has 3 rings (SSSR count). The summed E-state index contributed by atoms with van der Waals surface area (Å²) >= 11 is 0. The van der Waals surface area contributed by atoms with E-state index < -0.39 is 30.7 Å². The van der Waals surface area contributed by atoms with Crippen molar-refractivity contribution in [1.29, 1.82) is 0 Å². The van der Waals surface area contributed by atoms with E-state index in [1.807, 2.05) is 6.07 Å². The SMILES string of the molecule is O=C(Nc1ccc(C2CCC2)cn1)N1CCCC(O)(C(F)(F)F)CC1. The minimum absolute atomic E-state index is 0.0947. The smallest absolute Gasteiger partial charge is 0.380 e. The van der Waals surface area contributed by atoms with Crippen LogP contribution in [0, 0.1) is 0 Å². The Morgan fingerprint density at radius 2 is 2.00 bits per heavy atom. The number of urea groups is 1. The minimum Gasteiger partial charge on any atom is -0.380 e. The van der Waals surface area contributed by atoms with Gasteiger partial charge in [0.2, 0.25) is 0 Å². The minimum atomic E-state index is -4.68. The van der Waals surface area contributed by atoms with Gasteiger partial charge in [-0.1, -0.05) is 12.5 Å². The van der Waals surface area contributed by atoms with Crippen LogP contribution in [0.25, 0.3) is 0 Å². The Bertz CT molecular complexity index is 617. The van der Waals surface area contributed by atoms with E-state index in [1.165, 1.54) is 11.3 Å². The predicted molar refractivity (Wildman–Crippen MR) is 86.3 cm³/mol. The summed E-state index contributed by atoms with van der Waals surface area (Å²) in [6.07, 6.45) is -0.221. The standard InChI is InChI=1S/C17H22F3N3O2/c18-17(19,20)16(25)7-2-9-23(10-8-16)15(24)22-14-6-5-13(11-21-14)12-3-1-4-12/h5-6,11-12,25H,1-4,7-10H2,(H,21,22,24). The maximum absolute atomic E-state index is 12.9. The lowest BCUT2D eigenvalue weighted by atomic mass is 9.81. The van der Waals surface area contributed by atoms with Gasteiger partial charge >= 0.3 is 12.2 Å². The number of amides is 2. The summed E-state index contributed by atoms with van der Waals surface area (Å²) in [5.74, 6) is 0.923. The molecule has 1 atom stereocenters. The number of hydrogen-bond acceptors (Lipinski definition) is 3. The summed E-state index contributed by atoms with van der Waals surface area (Å²) in [5, 5.41) is 12.4. The monoisotopic (exact) mass is 357 g/mol. The van der Waals surface area contributed by atoms with Crippen LogP contribution in [0.3, 0.4) is 0 Å². The molecule has 0 spiro atoms. The van der Waals surface area contributed by atoms with Gasteiger partial charge in [0, 0.05) is 25.7 Å². The topological polar surface area (TPSA) is 65.5 Å². The van der Waals surface area contributed by atoms with Crippen LogP contribution in [0.1, 0.15) is 50.0 Å². The Balaban J connectivity index is 1.58. The number of aromatic nitrogens is 1. The Morgan fingerprint density at radius 1 is 1.24 bits per heavy atom. The second-order valence-corrected chi connectivity index (χ2v) is 6.90. The molecular weight excluding hydrogens is 335 g/mol. The molecule has 1 aliphatic heterocycles. The van der Waals surface area contributed by atoms with Crippen molar-refractivity contribution in [1.82, 2.24) is 9.88 Å². The first kappa shape index (κ1) is 18.0. The van der Waals surface area contributed by atoms with Crippen LogP contribution in [0.2, 0.25) is 0 Å². The van der Waals surface area contributed by atoms with Crippen molar-refractivity contribution >= 4 is 11.8 Å². The van der Waals surface area contributed by atoms with Crippen molar-refractivity contribution in [2.24, 2.45) is 0 Å². The average Bonchev–Trinajstić information content (AvgIpc) is 2.70. The van der Waals surface area contributed by atoms with Crippen LogP contribution in [0.5, 0.6) is 0 Å². The number of alkyl halides is 3. The molecule has 0 aromatic carbocycles. The van der Waals surface area contributed by atoms with E-state index >= 15 is 0 Å². The molecule has 1 aliphatic carbocycles. The van der Waals surface area contributed by atoms with Crippen molar-refractivity contribution in [3.63, 3.8) is 0 Å². The van der Waals surface area contributed by atoms with E-state index in [9.17, 15) is 23.1 Å². The van der Waals surface area contributed by atoms with Crippen molar-refractivity contribution in [3.05, 3.63) is 23.9 Å². The van der Waals surface area contributed by atoms with Gasteiger partial charge in [-0.25, -0.2) is 9.78 Å². The molecule has 0 radical (unpaired) electrons. The number of pyridine rings is 1. The number of nitrogens with zero attached hydrogens (tertiary/aromatic N) is 2. The maximum Gasteiger partial charge on any atom is 0.417 e. The fraction of sp³-hybridized carbons (Fsp3) is 0.647. The Kier molecular flexibility index (Phi) is 4.90. The first-order valence-electron chi connectivity index (χ1n) is 8.59. The lowest BCUT2D eigenvalue weighted by Gasteiger charge is -2.29. The lowest BCUT2D eigenvalue weighted by molar-refractivity contribution is -0.263. The molecule has 2 fully saturated rings. The molecule has 1 aromatic heterocycles. The molecular formula is C17H22F3N3O2. The lowest BCUT2D eigenvalue weighted by Crippen LogP contribution is -2.46. The Labute approximate surface area is 144 Å². The second kappa shape index (κ2) is 6.82. The van der Waals surface area contributed by atoms with Crippen molar-refractivity contribution in [3.8, 4) is 0 Å². The van der Waals surface area contributed by atoms with Crippen LogP contribution < -0.4 is 5.32 Å². The highest BCUT2D eigenvalue weighted by Crippen LogP contribution is 2.38. The highest BCUT2D eigenvalue weighted by atomic mass is 19.4. The maximum atomic E-state index is 12.9. The summed E-state index contributed by atoms with van der Waals surface area (Å²) in [6.45, 7) is 0.0202. The number of carbonyl (C=O) groups is 1. The highest BCUT2D eigenvalue weighted by molar-refractivity contribution is 5.88. The first-order chi connectivity index (χ1) is 11.8. The van der Waals surface area contributed by atoms with E-state index in [0.29, 0.717) is 11.7 Å². The van der Waals surface area contributed by atoms with E-state index in [2.05, 4.69) is 10.3 Å². The van der Waals surface area contributed by atoms with Crippen LogP contribution in [-0.4, -0.2) is 45.9 Å². The number of carbonyl (C=O) groups excluding carboxylic acids is 1. The third-order valence-corrected chi connectivity index (χ3v) is 5.23. The molecule has 0 bridgehead atoms. The van der Waals surface area contributed by atoms with E-state index in [1.54, 1.807) is 12.3 Å². The summed E-state index contributed by atoms with van der Waals surface area (Å²) in [6, 6.07) is 3.16. The summed E-state index contributed by atoms with van der Waals surface area (Å²) in [4.78, 5) is 17.8. The van der Waals surface area contributed by atoms with Crippen LogP contribution in [0.15, 0.2) is 18.3 Å². The Morgan fingerprint density at radius 3 is 2.56 bits per heavy atom. The number of aliphatic hydroxyl groups is 1.